The molecule has 0 radical (unpaired) electrons. The molecule has 0 aliphatic heterocycles. The van der Waals surface area contributed by atoms with Crippen LogP contribution in [0.15, 0.2) is 41.2 Å². The summed E-state index contributed by atoms with van der Waals surface area (Å²) >= 11 is 0. The molecule has 0 aliphatic carbocycles. The Hall–Kier alpha value is -2.62. The maximum absolute atomic E-state index is 12.2. The van der Waals surface area contributed by atoms with E-state index in [4.69, 9.17) is 4.74 Å². The number of pyridine rings is 1. The van der Waals surface area contributed by atoms with E-state index in [0.29, 0.717) is 5.56 Å². The van der Waals surface area contributed by atoms with Gasteiger partial charge >= 0.3 is 0 Å². The number of aromatic nitrogens is 1. The maximum Gasteiger partial charge on any atom is 0.259 e. The van der Waals surface area contributed by atoms with Gasteiger partial charge in [-0.1, -0.05) is 18.2 Å². The predicted octanol–water partition coefficient (Wildman–Crippen LogP) is 2.90. The molecule has 1 aromatic heterocycles. The molecule has 2 aromatic rings. The zero-order valence-electron chi connectivity index (χ0n) is 12.3. The highest BCUT2D eigenvalue weighted by atomic mass is 16.5. The van der Waals surface area contributed by atoms with Crippen LogP contribution in [0.5, 0.6) is 5.75 Å². The standard InChI is InChI=1S/C17H17NO3/c1-11-10-12(2)18-17(20)16(11)15(19)9-6-13-4-7-14(21-3)8-5-13/h4-10H,1-3H3,(H,18,20)/b9-6+. The fourth-order valence-electron chi connectivity index (χ4n) is 2.13. The number of methoxy groups -OCH3 is 1. The topological polar surface area (TPSA) is 59.2 Å². The molecule has 1 N–H and O–H groups in total. The van der Waals surface area contributed by atoms with Crippen LogP contribution in [0, 0.1) is 13.8 Å². The Morgan fingerprint density at radius 2 is 1.86 bits per heavy atom. The molecule has 1 heterocycles. The van der Waals surface area contributed by atoms with Gasteiger partial charge in [-0.2, -0.15) is 0 Å². The molecule has 0 atom stereocenters. The van der Waals surface area contributed by atoms with Gasteiger partial charge in [-0.05, 0) is 49.2 Å². The molecule has 108 valence electrons. The molecule has 0 saturated heterocycles. The molecular weight excluding hydrogens is 266 g/mol. The molecule has 0 bridgehead atoms. The molecule has 0 spiro atoms. The summed E-state index contributed by atoms with van der Waals surface area (Å²) in [5, 5.41) is 0. The van der Waals surface area contributed by atoms with Gasteiger partial charge in [-0.25, -0.2) is 0 Å². The van der Waals surface area contributed by atoms with Crippen LogP contribution in [-0.2, 0) is 0 Å². The third-order valence-corrected chi connectivity index (χ3v) is 3.15. The van der Waals surface area contributed by atoms with Gasteiger partial charge in [0.2, 0.25) is 0 Å². The number of ketones is 1. The summed E-state index contributed by atoms with van der Waals surface area (Å²) in [7, 11) is 1.60. The highest BCUT2D eigenvalue weighted by Crippen LogP contribution is 2.13. The van der Waals surface area contributed by atoms with Crippen molar-refractivity contribution in [3.05, 3.63) is 69.1 Å². The lowest BCUT2D eigenvalue weighted by molar-refractivity contribution is 0.104. The van der Waals surface area contributed by atoms with E-state index in [-0.39, 0.29) is 16.9 Å². The van der Waals surface area contributed by atoms with Crippen molar-refractivity contribution in [3.8, 4) is 5.75 Å². The number of carbonyl (C=O) groups excluding carboxylic acids is 1. The first kappa shape index (κ1) is 14.8. The quantitative estimate of drug-likeness (QED) is 0.693. The van der Waals surface area contributed by atoms with Crippen LogP contribution in [0.3, 0.4) is 0 Å². The van der Waals surface area contributed by atoms with E-state index in [1.807, 2.05) is 24.3 Å². The van der Waals surface area contributed by atoms with E-state index in [1.54, 1.807) is 33.1 Å². The van der Waals surface area contributed by atoms with Crippen molar-refractivity contribution in [3.63, 3.8) is 0 Å². The van der Waals surface area contributed by atoms with Gasteiger partial charge in [0.25, 0.3) is 5.56 Å². The molecule has 0 fully saturated rings. The van der Waals surface area contributed by atoms with Gasteiger partial charge in [-0.3, -0.25) is 9.59 Å². The zero-order chi connectivity index (χ0) is 15.4. The average Bonchev–Trinajstić information content (AvgIpc) is 2.44. The van der Waals surface area contributed by atoms with Crippen molar-refractivity contribution in [2.75, 3.05) is 7.11 Å². The molecule has 2 rings (SSSR count). The first-order chi connectivity index (χ1) is 10.0. The largest absolute Gasteiger partial charge is 0.497 e. The second-order valence-electron chi connectivity index (χ2n) is 4.81. The maximum atomic E-state index is 12.2. The van der Waals surface area contributed by atoms with Crippen molar-refractivity contribution in [1.82, 2.24) is 4.98 Å². The number of carbonyl (C=O) groups is 1. The number of hydrogen-bond donors (Lipinski definition) is 1. The fraction of sp³-hybridized carbons (Fsp3) is 0.176. The van der Waals surface area contributed by atoms with Gasteiger partial charge in [0.05, 0.1) is 12.7 Å². The number of H-pyrrole nitrogens is 1. The van der Waals surface area contributed by atoms with Crippen LogP contribution >= 0.6 is 0 Å². The normalized spacial score (nSPS) is 10.8. The summed E-state index contributed by atoms with van der Waals surface area (Å²) < 4.78 is 5.07. The summed E-state index contributed by atoms with van der Waals surface area (Å²) in [5.74, 6) is 0.453. The highest BCUT2D eigenvalue weighted by molar-refractivity contribution is 6.07. The van der Waals surface area contributed by atoms with Crippen LogP contribution in [0.2, 0.25) is 0 Å². The first-order valence-corrected chi connectivity index (χ1v) is 6.58. The number of nitrogens with one attached hydrogen (secondary N) is 1. The van der Waals surface area contributed by atoms with Gasteiger partial charge in [0.1, 0.15) is 5.75 Å². The Labute approximate surface area is 123 Å². The van der Waals surface area contributed by atoms with Gasteiger partial charge in [0.15, 0.2) is 5.78 Å². The molecule has 21 heavy (non-hydrogen) atoms. The van der Waals surface area contributed by atoms with E-state index in [9.17, 15) is 9.59 Å². The summed E-state index contributed by atoms with van der Waals surface area (Å²) in [6, 6.07) is 9.10. The number of benzene rings is 1. The van der Waals surface area contributed by atoms with Crippen molar-refractivity contribution in [2.24, 2.45) is 0 Å². The SMILES string of the molecule is COc1ccc(/C=C/C(=O)c2c(C)cc(C)[nH]c2=O)cc1. The first-order valence-electron chi connectivity index (χ1n) is 6.58. The minimum atomic E-state index is -0.350. The molecule has 0 amide bonds. The number of aryl methyl sites for hydroxylation is 2. The average molecular weight is 283 g/mol. The Morgan fingerprint density at radius 1 is 1.19 bits per heavy atom. The minimum Gasteiger partial charge on any atom is -0.497 e. The van der Waals surface area contributed by atoms with E-state index in [0.717, 1.165) is 17.0 Å². The molecule has 4 nitrogen and oxygen atoms in total. The molecule has 0 unspecified atom stereocenters. The van der Waals surface area contributed by atoms with Gasteiger partial charge < -0.3 is 9.72 Å². The molecule has 0 saturated carbocycles. The lowest BCUT2D eigenvalue weighted by atomic mass is 10.1. The Bertz CT molecular complexity index is 740. The second-order valence-corrected chi connectivity index (χ2v) is 4.81. The molecular formula is C17H17NO3. The van der Waals surface area contributed by atoms with Crippen LogP contribution in [-0.4, -0.2) is 17.9 Å². The van der Waals surface area contributed by atoms with E-state index in [1.165, 1.54) is 6.08 Å². The van der Waals surface area contributed by atoms with Crippen molar-refractivity contribution in [2.45, 2.75) is 13.8 Å². The van der Waals surface area contributed by atoms with Crippen molar-refractivity contribution in [1.29, 1.82) is 0 Å². The number of aromatic amines is 1. The summed E-state index contributed by atoms with van der Waals surface area (Å²) in [6.45, 7) is 3.55. The monoisotopic (exact) mass is 283 g/mol. The van der Waals surface area contributed by atoms with Crippen LogP contribution in [0.4, 0.5) is 0 Å². The summed E-state index contributed by atoms with van der Waals surface area (Å²) in [4.78, 5) is 26.7. The Balaban J connectivity index is 2.25. The Kier molecular flexibility index (Phi) is 4.38. The van der Waals surface area contributed by atoms with Crippen LogP contribution in [0.1, 0.15) is 27.2 Å². The third-order valence-electron chi connectivity index (χ3n) is 3.15. The smallest absolute Gasteiger partial charge is 0.259 e. The predicted molar refractivity (Wildman–Crippen MR) is 82.9 cm³/mol. The number of allylic oxidation sites excluding steroid dienone is 1. The van der Waals surface area contributed by atoms with Crippen molar-refractivity contribution < 1.29 is 9.53 Å². The third kappa shape index (κ3) is 3.48. The minimum absolute atomic E-state index is 0.186. The molecule has 4 heteroatoms. The molecule has 1 aromatic carbocycles. The Morgan fingerprint density at radius 3 is 2.43 bits per heavy atom. The fourth-order valence-corrected chi connectivity index (χ4v) is 2.13. The highest BCUT2D eigenvalue weighted by Gasteiger charge is 2.11. The van der Waals surface area contributed by atoms with Crippen LogP contribution in [0.25, 0.3) is 6.08 Å². The summed E-state index contributed by atoms with van der Waals surface area (Å²) in [6.07, 6.45) is 3.09. The van der Waals surface area contributed by atoms with Crippen molar-refractivity contribution >= 4 is 11.9 Å². The lowest BCUT2D eigenvalue weighted by Crippen LogP contribution is -2.19. The van der Waals surface area contributed by atoms with Crippen LogP contribution < -0.4 is 10.3 Å². The van der Waals surface area contributed by atoms with Gasteiger partial charge in [0, 0.05) is 5.69 Å². The van der Waals surface area contributed by atoms with Gasteiger partial charge in [-0.15, -0.1) is 0 Å². The lowest BCUT2D eigenvalue weighted by Gasteiger charge is -2.02. The van der Waals surface area contributed by atoms with E-state index < -0.39 is 0 Å². The second kappa shape index (κ2) is 6.22. The number of rotatable bonds is 4. The number of ether oxygens (including phenoxy) is 1. The molecule has 0 aliphatic rings. The van der Waals surface area contributed by atoms with E-state index in [2.05, 4.69) is 4.98 Å². The van der Waals surface area contributed by atoms with E-state index >= 15 is 0 Å². The number of hydrogen-bond acceptors (Lipinski definition) is 3. The summed E-state index contributed by atoms with van der Waals surface area (Å²) in [5.41, 5.74) is 2.13. The zero-order valence-corrected chi connectivity index (χ0v) is 12.3.